The highest BCUT2D eigenvalue weighted by Crippen LogP contribution is 2.21. The van der Waals surface area contributed by atoms with Gasteiger partial charge in [-0.15, -0.1) is 5.10 Å². The fourth-order valence-corrected chi connectivity index (χ4v) is 2.23. The van der Waals surface area contributed by atoms with Gasteiger partial charge in [0.15, 0.2) is 5.82 Å². The summed E-state index contributed by atoms with van der Waals surface area (Å²) in [6, 6.07) is 12.3. The summed E-state index contributed by atoms with van der Waals surface area (Å²) in [5.41, 5.74) is 7.40. The van der Waals surface area contributed by atoms with Crippen LogP contribution in [0.5, 0.6) is 0 Å². The molecule has 2 aromatic carbocycles. The van der Waals surface area contributed by atoms with E-state index in [1.165, 1.54) is 12.1 Å². The molecule has 0 bridgehead atoms. The van der Waals surface area contributed by atoms with Gasteiger partial charge in [-0.2, -0.15) is 0 Å². The maximum atomic E-state index is 13.2. The van der Waals surface area contributed by atoms with Crippen LogP contribution in [0.15, 0.2) is 46.9 Å². The molecule has 5 nitrogen and oxygen atoms in total. The first-order valence-electron chi connectivity index (χ1n) is 6.19. The Balaban J connectivity index is 1.93. The molecule has 2 N–H and O–H groups in total. The molecule has 3 rings (SSSR count). The molecule has 3 aromatic rings. The number of aromatic nitrogens is 4. The summed E-state index contributed by atoms with van der Waals surface area (Å²) in [5, 5.41) is 11.6. The summed E-state index contributed by atoms with van der Waals surface area (Å²) < 4.78 is 15.9. The van der Waals surface area contributed by atoms with Gasteiger partial charge in [0.1, 0.15) is 5.82 Å². The van der Waals surface area contributed by atoms with E-state index < -0.39 is 5.82 Å². The standard InChI is InChI=1S/C14H11BrFN5/c15-11-4-1-9(2-5-11)8-21-14(18-19-20-21)10-3-6-12(16)13(17)7-10/h1-7H,8,17H2. The normalized spacial score (nSPS) is 10.8. The first-order chi connectivity index (χ1) is 10.1. The van der Waals surface area contributed by atoms with Crippen LogP contribution in [0, 0.1) is 5.82 Å². The van der Waals surface area contributed by atoms with E-state index >= 15 is 0 Å². The number of halogens is 2. The lowest BCUT2D eigenvalue weighted by Gasteiger charge is -2.06. The number of nitrogen functional groups attached to an aromatic ring is 1. The number of rotatable bonds is 3. The molecule has 0 fully saturated rings. The van der Waals surface area contributed by atoms with Gasteiger partial charge in [-0.25, -0.2) is 9.07 Å². The number of hydrogen-bond donors (Lipinski definition) is 1. The third kappa shape index (κ3) is 2.92. The minimum absolute atomic E-state index is 0.0747. The molecule has 0 aliphatic carbocycles. The van der Waals surface area contributed by atoms with Gasteiger partial charge >= 0.3 is 0 Å². The number of tetrazole rings is 1. The summed E-state index contributed by atoms with van der Waals surface area (Å²) in [7, 11) is 0. The third-order valence-electron chi connectivity index (χ3n) is 3.03. The van der Waals surface area contributed by atoms with Crippen LogP contribution in [0.2, 0.25) is 0 Å². The minimum Gasteiger partial charge on any atom is -0.396 e. The Labute approximate surface area is 128 Å². The molecule has 0 aliphatic rings. The van der Waals surface area contributed by atoms with Crippen LogP contribution < -0.4 is 5.73 Å². The van der Waals surface area contributed by atoms with Crippen LogP contribution >= 0.6 is 15.9 Å². The molecule has 0 spiro atoms. The second kappa shape index (κ2) is 5.61. The summed E-state index contributed by atoms with van der Waals surface area (Å²) in [5.74, 6) is 0.0929. The number of nitrogens with zero attached hydrogens (tertiary/aromatic N) is 4. The molecular formula is C14H11BrFN5. The van der Waals surface area contributed by atoms with E-state index in [2.05, 4.69) is 31.5 Å². The van der Waals surface area contributed by atoms with Crippen molar-refractivity contribution in [1.29, 1.82) is 0 Å². The Hall–Kier alpha value is -2.28. The minimum atomic E-state index is -0.453. The van der Waals surface area contributed by atoms with Gasteiger partial charge < -0.3 is 5.73 Å². The van der Waals surface area contributed by atoms with Crippen LogP contribution in [0.1, 0.15) is 5.56 Å². The quantitative estimate of drug-likeness (QED) is 0.739. The average Bonchev–Trinajstić information content (AvgIpc) is 2.92. The monoisotopic (exact) mass is 347 g/mol. The molecule has 1 aromatic heterocycles. The van der Waals surface area contributed by atoms with Crippen molar-refractivity contribution >= 4 is 21.6 Å². The Morgan fingerprint density at radius 2 is 1.90 bits per heavy atom. The van der Waals surface area contributed by atoms with Crippen molar-refractivity contribution in [1.82, 2.24) is 20.2 Å². The zero-order chi connectivity index (χ0) is 14.8. The number of anilines is 1. The molecule has 0 amide bonds. The van der Waals surface area contributed by atoms with Crippen LogP contribution in [0.4, 0.5) is 10.1 Å². The highest BCUT2D eigenvalue weighted by Gasteiger charge is 2.11. The van der Waals surface area contributed by atoms with E-state index in [0.717, 1.165) is 10.0 Å². The zero-order valence-electron chi connectivity index (χ0n) is 10.9. The van der Waals surface area contributed by atoms with Crippen LogP contribution in [-0.2, 0) is 6.54 Å². The largest absolute Gasteiger partial charge is 0.396 e. The Kier molecular flexibility index (Phi) is 3.66. The van der Waals surface area contributed by atoms with Crippen LogP contribution in [-0.4, -0.2) is 20.2 Å². The van der Waals surface area contributed by atoms with Gasteiger partial charge in [0.25, 0.3) is 0 Å². The smallest absolute Gasteiger partial charge is 0.182 e. The first kappa shape index (κ1) is 13.7. The molecule has 0 atom stereocenters. The maximum absolute atomic E-state index is 13.2. The van der Waals surface area contributed by atoms with E-state index in [-0.39, 0.29) is 5.69 Å². The van der Waals surface area contributed by atoms with E-state index in [9.17, 15) is 4.39 Å². The average molecular weight is 348 g/mol. The molecule has 1 heterocycles. The molecule has 0 saturated carbocycles. The van der Waals surface area contributed by atoms with Gasteiger partial charge in [-0.05, 0) is 46.3 Å². The van der Waals surface area contributed by atoms with Crippen molar-refractivity contribution in [2.45, 2.75) is 6.54 Å². The lowest BCUT2D eigenvalue weighted by atomic mass is 10.1. The highest BCUT2D eigenvalue weighted by molar-refractivity contribution is 9.10. The van der Waals surface area contributed by atoms with Gasteiger partial charge in [0, 0.05) is 10.0 Å². The Morgan fingerprint density at radius 3 is 2.62 bits per heavy atom. The Bertz CT molecular complexity index is 769. The topological polar surface area (TPSA) is 69.6 Å². The van der Waals surface area contributed by atoms with E-state index in [4.69, 9.17) is 5.73 Å². The summed E-state index contributed by atoms with van der Waals surface area (Å²) >= 11 is 3.39. The van der Waals surface area contributed by atoms with Crippen molar-refractivity contribution in [2.24, 2.45) is 0 Å². The first-order valence-corrected chi connectivity index (χ1v) is 6.99. The van der Waals surface area contributed by atoms with Crippen LogP contribution in [0.3, 0.4) is 0 Å². The van der Waals surface area contributed by atoms with E-state index in [1.54, 1.807) is 10.7 Å². The molecule has 0 aliphatic heterocycles. The fraction of sp³-hybridized carbons (Fsp3) is 0.0714. The summed E-state index contributed by atoms with van der Waals surface area (Å²) in [4.78, 5) is 0. The van der Waals surface area contributed by atoms with Crippen molar-refractivity contribution in [3.8, 4) is 11.4 Å². The molecule has 21 heavy (non-hydrogen) atoms. The van der Waals surface area contributed by atoms with Gasteiger partial charge in [0.05, 0.1) is 12.2 Å². The highest BCUT2D eigenvalue weighted by atomic mass is 79.9. The van der Waals surface area contributed by atoms with E-state index in [1.807, 2.05) is 24.3 Å². The number of hydrogen-bond acceptors (Lipinski definition) is 4. The second-order valence-corrected chi connectivity index (χ2v) is 5.44. The van der Waals surface area contributed by atoms with Crippen LogP contribution in [0.25, 0.3) is 11.4 Å². The lowest BCUT2D eigenvalue weighted by Crippen LogP contribution is -2.04. The van der Waals surface area contributed by atoms with E-state index in [0.29, 0.717) is 17.9 Å². The third-order valence-corrected chi connectivity index (χ3v) is 3.56. The second-order valence-electron chi connectivity index (χ2n) is 4.52. The SMILES string of the molecule is Nc1cc(-c2nnnn2Cc2ccc(Br)cc2)ccc1F. The molecule has 0 unspecified atom stereocenters. The number of benzene rings is 2. The summed E-state index contributed by atoms with van der Waals surface area (Å²) in [6.07, 6.45) is 0. The molecule has 0 saturated heterocycles. The van der Waals surface area contributed by atoms with Crippen molar-refractivity contribution in [3.05, 3.63) is 58.3 Å². The number of nitrogens with two attached hydrogens (primary N) is 1. The molecule has 106 valence electrons. The van der Waals surface area contributed by atoms with Gasteiger partial charge in [-0.3, -0.25) is 0 Å². The fourth-order valence-electron chi connectivity index (χ4n) is 1.96. The summed E-state index contributed by atoms with van der Waals surface area (Å²) in [6.45, 7) is 0.521. The maximum Gasteiger partial charge on any atom is 0.182 e. The van der Waals surface area contributed by atoms with Gasteiger partial charge in [0.2, 0.25) is 0 Å². The predicted octanol–water partition coefficient (Wildman–Crippen LogP) is 2.87. The molecular weight excluding hydrogens is 337 g/mol. The van der Waals surface area contributed by atoms with Gasteiger partial charge in [-0.1, -0.05) is 28.1 Å². The van der Waals surface area contributed by atoms with Crippen molar-refractivity contribution < 1.29 is 4.39 Å². The Morgan fingerprint density at radius 1 is 1.14 bits per heavy atom. The zero-order valence-corrected chi connectivity index (χ0v) is 12.5. The van der Waals surface area contributed by atoms with Crippen molar-refractivity contribution in [2.75, 3.05) is 5.73 Å². The lowest BCUT2D eigenvalue weighted by molar-refractivity contribution is 0.632. The van der Waals surface area contributed by atoms with Crippen molar-refractivity contribution in [3.63, 3.8) is 0 Å². The predicted molar refractivity (Wildman–Crippen MR) is 80.9 cm³/mol. The molecule has 0 radical (unpaired) electrons. The molecule has 7 heteroatoms.